The average molecular weight is 296 g/mol. The minimum absolute atomic E-state index is 0.103. The molecule has 0 aliphatic rings. The third-order valence-electron chi connectivity index (χ3n) is 4.06. The molecule has 0 saturated carbocycles. The zero-order valence-electron chi connectivity index (χ0n) is 14.2. The van der Waals surface area contributed by atoms with Crippen LogP contribution in [0, 0.1) is 11.8 Å². The van der Waals surface area contributed by atoms with Gasteiger partial charge in [0, 0.05) is 0 Å². The summed E-state index contributed by atoms with van der Waals surface area (Å²) in [4.78, 5) is 22.4. The molecule has 0 spiro atoms. The molecule has 0 rings (SSSR count). The Morgan fingerprint density at radius 3 is 2.24 bits per heavy atom. The van der Waals surface area contributed by atoms with Gasteiger partial charge in [-0.05, 0) is 45.4 Å². The minimum atomic E-state index is -0.994. The molecule has 0 heterocycles. The number of carbonyl (C=O) groups excluding carboxylic acids is 1. The van der Waals surface area contributed by atoms with Crippen molar-refractivity contribution >= 4 is 11.8 Å². The van der Waals surface area contributed by atoms with Crippen LogP contribution in [-0.2, 0) is 9.59 Å². The highest BCUT2D eigenvalue weighted by molar-refractivity contribution is 5.97. The van der Waals surface area contributed by atoms with Gasteiger partial charge in [0.05, 0.1) is 0 Å². The largest absolute Gasteiger partial charge is 0.481 e. The van der Waals surface area contributed by atoms with E-state index in [2.05, 4.69) is 19.9 Å². The monoisotopic (exact) mass is 296 g/mol. The van der Waals surface area contributed by atoms with E-state index in [1.54, 1.807) is 0 Å². The highest BCUT2D eigenvalue weighted by atomic mass is 16.4. The molecule has 21 heavy (non-hydrogen) atoms. The van der Waals surface area contributed by atoms with E-state index in [1.807, 2.05) is 6.92 Å². The third kappa shape index (κ3) is 9.43. The van der Waals surface area contributed by atoms with Crippen molar-refractivity contribution in [3.8, 4) is 0 Å². The second-order valence-corrected chi connectivity index (χ2v) is 6.20. The molecular formula is C18H32O3. The van der Waals surface area contributed by atoms with Gasteiger partial charge in [0.2, 0.25) is 0 Å². The van der Waals surface area contributed by atoms with Gasteiger partial charge in [-0.1, -0.05) is 51.2 Å². The van der Waals surface area contributed by atoms with Crippen molar-refractivity contribution in [1.82, 2.24) is 0 Å². The number of hydrogen-bond donors (Lipinski definition) is 1. The number of unbranched alkanes of at least 4 members (excludes halogenated alkanes) is 4. The first kappa shape index (κ1) is 19.9. The number of carboxylic acids is 1. The maximum atomic E-state index is 11.4. The van der Waals surface area contributed by atoms with Crippen molar-refractivity contribution in [1.29, 1.82) is 0 Å². The fraction of sp³-hybridized carbons (Fsp3) is 0.778. The molecule has 0 fully saturated rings. The SMILES string of the molecule is CCCCCCCC(C)=CCCC(C)C(C(C)=O)C(=O)O. The lowest BCUT2D eigenvalue weighted by atomic mass is 9.87. The van der Waals surface area contributed by atoms with Gasteiger partial charge in [0.15, 0.2) is 0 Å². The van der Waals surface area contributed by atoms with Crippen molar-refractivity contribution in [3.05, 3.63) is 11.6 Å². The Morgan fingerprint density at radius 2 is 1.71 bits per heavy atom. The van der Waals surface area contributed by atoms with Crippen LogP contribution in [-0.4, -0.2) is 16.9 Å². The predicted molar refractivity (Wildman–Crippen MR) is 87.3 cm³/mol. The van der Waals surface area contributed by atoms with Gasteiger partial charge in [-0.25, -0.2) is 0 Å². The summed E-state index contributed by atoms with van der Waals surface area (Å²) in [5.41, 5.74) is 1.38. The summed E-state index contributed by atoms with van der Waals surface area (Å²) < 4.78 is 0. The molecule has 1 N–H and O–H groups in total. The van der Waals surface area contributed by atoms with E-state index in [9.17, 15) is 9.59 Å². The van der Waals surface area contributed by atoms with Crippen molar-refractivity contribution < 1.29 is 14.7 Å². The molecule has 0 aliphatic carbocycles. The molecule has 0 amide bonds. The van der Waals surface area contributed by atoms with Crippen LogP contribution in [0.25, 0.3) is 0 Å². The van der Waals surface area contributed by atoms with Crippen LogP contribution in [0.4, 0.5) is 0 Å². The van der Waals surface area contributed by atoms with Crippen LogP contribution in [0.5, 0.6) is 0 Å². The van der Waals surface area contributed by atoms with Crippen LogP contribution in [0.2, 0.25) is 0 Å². The Kier molecular flexibility index (Phi) is 10.9. The first-order chi connectivity index (χ1) is 9.90. The third-order valence-corrected chi connectivity index (χ3v) is 4.06. The average Bonchev–Trinajstić information content (AvgIpc) is 2.37. The molecule has 3 heteroatoms. The fourth-order valence-electron chi connectivity index (χ4n) is 2.69. The standard InChI is InChI=1S/C18H32O3/c1-5-6-7-8-9-11-14(2)12-10-13-15(3)17(16(4)19)18(20)21/h12,15,17H,5-11,13H2,1-4H3,(H,20,21). The van der Waals surface area contributed by atoms with E-state index in [4.69, 9.17) is 5.11 Å². The van der Waals surface area contributed by atoms with Gasteiger partial charge in [-0.2, -0.15) is 0 Å². The zero-order chi connectivity index (χ0) is 16.3. The second kappa shape index (κ2) is 11.5. The molecule has 0 saturated heterocycles. The van der Waals surface area contributed by atoms with Crippen LogP contribution in [0.15, 0.2) is 11.6 Å². The van der Waals surface area contributed by atoms with E-state index >= 15 is 0 Å². The first-order valence-corrected chi connectivity index (χ1v) is 8.29. The molecule has 0 aromatic carbocycles. The molecule has 0 aromatic rings. The lowest BCUT2D eigenvalue weighted by Crippen LogP contribution is -2.28. The zero-order valence-corrected chi connectivity index (χ0v) is 14.2. The van der Waals surface area contributed by atoms with Crippen LogP contribution in [0.3, 0.4) is 0 Å². The number of rotatable bonds is 12. The number of aliphatic carboxylic acids is 1. The van der Waals surface area contributed by atoms with Crippen molar-refractivity contribution in [2.45, 2.75) is 79.1 Å². The number of hydrogen-bond acceptors (Lipinski definition) is 2. The quantitative estimate of drug-likeness (QED) is 0.313. The number of ketones is 1. The van der Waals surface area contributed by atoms with Crippen LogP contribution < -0.4 is 0 Å². The Labute approximate surface area is 129 Å². The van der Waals surface area contributed by atoms with Gasteiger partial charge >= 0.3 is 5.97 Å². The summed E-state index contributed by atoms with van der Waals surface area (Å²) in [6, 6.07) is 0. The van der Waals surface area contributed by atoms with Crippen molar-refractivity contribution in [3.63, 3.8) is 0 Å². The number of Topliss-reactive ketones (excluding diaryl/α,β-unsaturated/α-hetero) is 1. The number of carbonyl (C=O) groups is 2. The Balaban J connectivity index is 4.01. The van der Waals surface area contributed by atoms with Gasteiger partial charge in [-0.15, -0.1) is 0 Å². The molecule has 2 atom stereocenters. The lowest BCUT2D eigenvalue weighted by molar-refractivity contribution is -0.147. The van der Waals surface area contributed by atoms with Gasteiger partial charge in [0.1, 0.15) is 11.7 Å². The van der Waals surface area contributed by atoms with Crippen LogP contribution >= 0.6 is 0 Å². The highest BCUT2D eigenvalue weighted by Gasteiger charge is 2.28. The van der Waals surface area contributed by atoms with E-state index in [0.29, 0.717) is 0 Å². The van der Waals surface area contributed by atoms with E-state index in [0.717, 1.165) is 19.3 Å². The van der Waals surface area contributed by atoms with E-state index in [-0.39, 0.29) is 11.7 Å². The van der Waals surface area contributed by atoms with Gasteiger partial charge < -0.3 is 5.11 Å². The maximum Gasteiger partial charge on any atom is 0.314 e. The Morgan fingerprint density at radius 1 is 1.10 bits per heavy atom. The molecule has 0 aliphatic heterocycles. The molecule has 0 bridgehead atoms. The smallest absolute Gasteiger partial charge is 0.314 e. The van der Waals surface area contributed by atoms with Crippen LogP contribution in [0.1, 0.15) is 79.1 Å². The summed E-state index contributed by atoms with van der Waals surface area (Å²) in [5, 5.41) is 9.07. The maximum absolute atomic E-state index is 11.4. The summed E-state index contributed by atoms with van der Waals surface area (Å²) in [5.74, 6) is -2.19. The van der Waals surface area contributed by atoms with Crippen molar-refractivity contribution in [2.24, 2.45) is 11.8 Å². The summed E-state index contributed by atoms with van der Waals surface area (Å²) >= 11 is 0. The molecule has 122 valence electrons. The normalized spacial score (nSPS) is 14.8. The number of carboxylic acid groups (broad SMARTS) is 1. The number of allylic oxidation sites excluding steroid dienone is 2. The predicted octanol–water partition coefficient (Wildman–Crippen LogP) is 5.00. The fourth-order valence-corrected chi connectivity index (χ4v) is 2.69. The molecule has 0 aromatic heterocycles. The second-order valence-electron chi connectivity index (χ2n) is 6.20. The summed E-state index contributed by atoms with van der Waals surface area (Å²) in [7, 11) is 0. The molecule has 2 unspecified atom stereocenters. The minimum Gasteiger partial charge on any atom is -0.481 e. The lowest BCUT2D eigenvalue weighted by Gasteiger charge is -2.16. The van der Waals surface area contributed by atoms with Crippen molar-refractivity contribution in [2.75, 3.05) is 0 Å². The molecule has 0 radical (unpaired) electrons. The Hall–Kier alpha value is -1.12. The van der Waals surface area contributed by atoms with E-state index < -0.39 is 11.9 Å². The Bertz CT molecular complexity index is 330. The summed E-state index contributed by atoms with van der Waals surface area (Å²) in [6.07, 6.45) is 11.4. The van der Waals surface area contributed by atoms with Gasteiger partial charge in [0.25, 0.3) is 0 Å². The molecular weight excluding hydrogens is 264 g/mol. The highest BCUT2D eigenvalue weighted by Crippen LogP contribution is 2.20. The summed E-state index contributed by atoms with van der Waals surface area (Å²) in [6.45, 7) is 7.59. The first-order valence-electron chi connectivity index (χ1n) is 8.29. The topological polar surface area (TPSA) is 54.4 Å². The molecule has 3 nitrogen and oxygen atoms in total. The van der Waals surface area contributed by atoms with Gasteiger partial charge in [-0.3, -0.25) is 9.59 Å². The van der Waals surface area contributed by atoms with E-state index in [1.165, 1.54) is 44.6 Å².